The van der Waals surface area contributed by atoms with Gasteiger partial charge in [-0.3, -0.25) is 4.90 Å². The number of aliphatic imine (C=N–C) groups is 1. The first-order chi connectivity index (χ1) is 14.7. The van der Waals surface area contributed by atoms with Gasteiger partial charge in [0.05, 0.1) is 26.9 Å². The first-order valence-corrected chi connectivity index (χ1v) is 10.7. The van der Waals surface area contributed by atoms with Crippen molar-refractivity contribution in [3.8, 4) is 5.75 Å². The lowest BCUT2D eigenvalue weighted by Gasteiger charge is -2.26. The number of ether oxygens (including phenoxy) is 2. The van der Waals surface area contributed by atoms with Gasteiger partial charge in [0.25, 0.3) is 0 Å². The van der Waals surface area contributed by atoms with Crippen molar-refractivity contribution in [3.05, 3.63) is 64.7 Å². The minimum absolute atomic E-state index is 0.636. The van der Waals surface area contributed by atoms with Crippen LogP contribution in [0.3, 0.4) is 0 Å². The van der Waals surface area contributed by atoms with Crippen LogP contribution in [0.2, 0.25) is 0 Å². The Bertz CT molecular complexity index is 832. The maximum Gasteiger partial charge on any atom is 0.191 e. The van der Waals surface area contributed by atoms with E-state index in [9.17, 15) is 0 Å². The number of guanidine groups is 1. The van der Waals surface area contributed by atoms with Gasteiger partial charge in [-0.15, -0.1) is 0 Å². The van der Waals surface area contributed by atoms with E-state index in [0.29, 0.717) is 13.1 Å². The average molecular weight is 411 g/mol. The summed E-state index contributed by atoms with van der Waals surface area (Å²) < 4.78 is 11.0. The minimum atomic E-state index is 0.636. The van der Waals surface area contributed by atoms with Crippen molar-refractivity contribution in [2.75, 3.05) is 40.0 Å². The van der Waals surface area contributed by atoms with Gasteiger partial charge in [0.2, 0.25) is 0 Å². The van der Waals surface area contributed by atoms with Crippen LogP contribution < -0.4 is 15.4 Å². The second-order valence-electron chi connectivity index (χ2n) is 7.57. The molecule has 1 aliphatic heterocycles. The number of benzene rings is 2. The number of methoxy groups -OCH3 is 1. The number of hydrogen-bond acceptors (Lipinski definition) is 4. The molecule has 6 heteroatoms. The predicted octanol–water partition coefficient (Wildman–Crippen LogP) is 3.09. The Morgan fingerprint density at radius 3 is 2.67 bits per heavy atom. The Kier molecular flexibility index (Phi) is 8.53. The number of rotatable bonds is 8. The van der Waals surface area contributed by atoms with Crippen LogP contribution in [0.15, 0.2) is 47.5 Å². The highest BCUT2D eigenvalue weighted by molar-refractivity contribution is 5.79. The average Bonchev–Trinajstić information content (AvgIpc) is 2.77. The Hall–Kier alpha value is -2.57. The molecule has 2 N–H and O–H groups in total. The molecule has 2 aromatic carbocycles. The molecule has 0 radical (unpaired) electrons. The Morgan fingerprint density at radius 1 is 1.10 bits per heavy atom. The molecule has 0 bridgehead atoms. The lowest BCUT2D eigenvalue weighted by atomic mass is 10.1. The second kappa shape index (κ2) is 11.6. The van der Waals surface area contributed by atoms with Crippen LogP contribution in [0.1, 0.15) is 29.2 Å². The normalized spacial score (nSPS) is 15.1. The second-order valence-corrected chi connectivity index (χ2v) is 7.57. The quantitative estimate of drug-likeness (QED) is 0.517. The van der Waals surface area contributed by atoms with Crippen LogP contribution >= 0.6 is 0 Å². The zero-order valence-electron chi connectivity index (χ0n) is 18.4. The summed E-state index contributed by atoms with van der Waals surface area (Å²) in [4.78, 5) is 7.22. The number of hydrogen-bond donors (Lipinski definition) is 2. The monoisotopic (exact) mass is 410 g/mol. The van der Waals surface area contributed by atoms with Crippen LogP contribution in [0.4, 0.5) is 0 Å². The maximum atomic E-state index is 5.51. The number of nitrogens with zero attached hydrogens (tertiary/aromatic N) is 2. The molecule has 162 valence electrons. The van der Waals surface area contributed by atoms with Crippen molar-refractivity contribution in [3.63, 3.8) is 0 Å². The van der Waals surface area contributed by atoms with E-state index in [1.807, 2.05) is 0 Å². The molecule has 1 heterocycles. The molecule has 0 amide bonds. The van der Waals surface area contributed by atoms with Crippen molar-refractivity contribution in [2.24, 2.45) is 4.99 Å². The molecule has 3 rings (SSSR count). The highest BCUT2D eigenvalue weighted by Gasteiger charge is 2.11. The minimum Gasteiger partial charge on any atom is -0.496 e. The third-order valence-electron chi connectivity index (χ3n) is 5.15. The lowest BCUT2D eigenvalue weighted by Crippen LogP contribution is -2.36. The first kappa shape index (κ1) is 22.1. The molecule has 0 unspecified atom stereocenters. The van der Waals surface area contributed by atoms with Gasteiger partial charge in [0, 0.05) is 38.3 Å². The van der Waals surface area contributed by atoms with E-state index >= 15 is 0 Å². The van der Waals surface area contributed by atoms with E-state index in [1.165, 1.54) is 16.7 Å². The van der Waals surface area contributed by atoms with E-state index in [2.05, 4.69) is 71.8 Å². The Labute approximate surface area is 180 Å². The highest BCUT2D eigenvalue weighted by Crippen LogP contribution is 2.19. The molecule has 1 aliphatic rings. The van der Waals surface area contributed by atoms with Gasteiger partial charge in [-0.05, 0) is 36.6 Å². The summed E-state index contributed by atoms with van der Waals surface area (Å²) in [7, 11) is 1.71. The fraction of sp³-hybridized carbons (Fsp3) is 0.458. The van der Waals surface area contributed by atoms with E-state index in [-0.39, 0.29) is 0 Å². The SMILES string of the molecule is CCNC(=NCc1cccc(CN2CCOCC2)c1)NCc1ccc(C)cc1OC. The molecular weight excluding hydrogens is 376 g/mol. The van der Waals surface area contributed by atoms with Crippen molar-refractivity contribution in [2.45, 2.75) is 33.5 Å². The molecule has 2 aromatic rings. The van der Waals surface area contributed by atoms with Crippen LogP contribution in [-0.4, -0.2) is 50.8 Å². The van der Waals surface area contributed by atoms with Crippen LogP contribution in [-0.2, 0) is 24.4 Å². The third-order valence-corrected chi connectivity index (χ3v) is 5.15. The predicted molar refractivity (Wildman–Crippen MR) is 122 cm³/mol. The van der Waals surface area contributed by atoms with Crippen molar-refractivity contribution in [1.29, 1.82) is 0 Å². The van der Waals surface area contributed by atoms with Gasteiger partial charge in [0.15, 0.2) is 5.96 Å². The molecule has 0 atom stereocenters. The van der Waals surface area contributed by atoms with Gasteiger partial charge < -0.3 is 20.1 Å². The number of aryl methyl sites for hydroxylation is 1. The molecule has 0 aromatic heterocycles. The Morgan fingerprint density at radius 2 is 1.90 bits per heavy atom. The van der Waals surface area contributed by atoms with Gasteiger partial charge in [0.1, 0.15) is 5.75 Å². The zero-order valence-corrected chi connectivity index (χ0v) is 18.4. The van der Waals surface area contributed by atoms with Gasteiger partial charge >= 0.3 is 0 Å². The highest BCUT2D eigenvalue weighted by atomic mass is 16.5. The van der Waals surface area contributed by atoms with E-state index in [4.69, 9.17) is 14.5 Å². The fourth-order valence-electron chi connectivity index (χ4n) is 3.53. The smallest absolute Gasteiger partial charge is 0.191 e. The first-order valence-electron chi connectivity index (χ1n) is 10.7. The molecular formula is C24H34N4O2. The van der Waals surface area contributed by atoms with E-state index in [0.717, 1.165) is 56.7 Å². The van der Waals surface area contributed by atoms with Crippen molar-refractivity contribution in [1.82, 2.24) is 15.5 Å². The van der Waals surface area contributed by atoms with Gasteiger partial charge in [-0.2, -0.15) is 0 Å². The molecule has 0 saturated carbocycles. The molecule has 1 fully saturated rings. The lowest BCUT2D eigenvalue weighted by molar-refractivity contribution is 0.0342. The third kappa shape index (κ3) is 6.75. The maximum absolute atomic E-state index is 5.51. The zero-order chi connectivity index (χ0) is 21.2. The van der Waals surface area contributed by atoms with Crippen LogP contribution in [0.25, 0.3) is 0 Å². The van der Waals surface area contributed by atoms with Gasteiger partial charge in [-0.1, -0.05) is 36.4 Å². The summed E-state index contributed by atoms with van der Waals surface area (Å²) in [6.07, 6.45) is 0. The fourth-order valence-corrected chi connectivity index (χ4v) is 3.53. The van der Waals surface area contributed by atoms with Crippen molar-refractivity contribution >= 4 is 5.96 Å². The van der Waals surface area contributed by atoms with Crippen molar-refractivity contribution < 1.29 is 9.47 Å². The summed E-state index contributed by atoms with van der Waals surface area (Å²) in [6.45, 7) is 10.9. The summed E-state index contributed by atoms with van der Waals surface area (Å²) in [5.74, 6) is 1.70. The number of nitrogens with one attached hydrogen (secondary N) is 2. The summed E-state index contributed by atoms with van der Waals surface area (Å²) in [5.41, 5.74) is 4.84. The van der Waals surface area contributed by atoms with Crippen LogP contribution in [0, 0.1) is 6.92 Å². The van der Waals surface area contributed by atoms with E-state index in [1.54, 1.807) is 7.11 Å². The summed E-state index contributed by atoms with van der Waals surface area (Å²) in [6, 6.07) is 15.0. The molecule has 6 nitrogen and oxygen atoms in total. The standard InChI is InChI=1S/C24H34N4O2/c1-4-25-24(27-17-22-9-8-19(2)14-23(22)29-3)26-16-20-6-5-7-21(15-20)18-28-10-12-30-13-11-28/h5-9,14-15H,4,10-13,16-18H2,1-3H3,(H2,25,26,27). The Balaban J connectivity index is 1.61. The molecule has 1 saturated heterocycles. The summed E-state index contributed by atoms with van der Waals surface area (Å²) >= 11 is 0. The van der Waals surface area contributed by atoms with E-state index < -0.39 is 0 Å². The molecule has 30 heavy (non-hydrogen) atoms. The van der Waals surface area contributed by atoms with Crippen LogP contribution in [0.5, 0.6) is 5.75 Å². The molecule has 0 aliphatic carbocycles. The number of morpholine rings is 1. The van der Waals surface area contributed by atoms with Gasteiger partial charge in [-0.25, -0.2) is 4.99 Å². The molecule has 0 spiro atoms. The topological polar surface area (TPSA) is 58.1 Å². The summed E-state index contributed by atoms with van der Waals surface area (Å²) in [5, 5.41) is 6.75. The largest absolute Gasteiger partial charge is 0.496 e.